The molecule has 2 fully saturated rings. The number of hydrogen-bond acceptors (Lipinski definition) is 9. The molecule has 12 heteroatoms. The number of morpholine rings is 1. The zero-order valence-electron chi connectivity index (χ0n) is 19.3. The van der Waals surface area contributed by atoms with Gasteiger partial charge in [-0.25, -0.2) is 18.0 Å². The molecule has 4 heterocycles. The number of para-hydroxylation sites is 2. The third kappa shape index (κ3) is 3.01. The summed E-state index contributed by atoms with van der Waals surface area (Å²) in [6.07, 6.45) is 2.78. The summed E-state index contributed by atoms with van der Waals surface area (Å²) in [6.45, 7) is 5.56. The van der Waals surface area contributed by atoms with Crippen molar-refractivity contribution in [3.8, 4) is 5.95 Å². The van der Waals surface area contributed by atoms with Crippen molar-refractivity contribution in [2.45, 2.75) is 37.5 Å². The number of hydrogen-bond donors (Lipinski definition) is 1. The molecule has 3 aromatic heterocycles. The molecule has 1 saturated heterocycles. The van der Waals surface area contributed by atoms with Crippen molar-refractivity contribution in [3.05, 3.63) is 30.5 Å². The Hall–Kier alpha value is -3.25. The lowest BCUT2D eigenvalue weighted by Crippen LogP contribution is -2.44. The SMILES string of the molecule is CNc1nc2ccccc2n1-c1nc(N2CCOC[C@H]2C)c2cnn(S(=O)(=O)C3(C)CC3)c2n1. The van der Waals surface area contributed by atoms with Crippen LogP contribution in [0.1, 0.15) is 26.7 Å². The molecule has 178 valence electrons. The van der Waals surface area contributed by atoms with Crippen molar-refractivity contribution < 1.29 is 13.2 Å². The second-order valence-corrected chi connectivity index (χ2v) is 11.4. The number of imidazole rings is 1. The first kappa shape index (κ1) is 21.3. The molecule has 1 saturated carbocycles. The molecular formula is C22H26N8O3S. The third-order valence-electron chi connectivity index (χ3n) is 6.80. The monoisotopic (exact) mass is 482 g/mol. The van der Waals surface area contributed by atoms with E-state index in [0.29, 0.717) is 55.7 Å². The van der Waals surface area contributed by atoms with Crippen LogP contribution in [-0.4, -0.2) is 74.7 Å². The van der Waals surface area contributed by atoms with E-state index in [-0.39, 0.29) is 11.7 Å². The van der Waals surface area contributed by atoms with Gasteiger partial charge in [-0.2, -0.15) is 15.1 Å². The normalized spacial score (nSPS) is 20.2. The Kier molecular flexibility index (Phi) is 4.62. The van der Waals surface area contributed by atoms with Crippen molar-refractivity contribution in [1.82, 2.24) is 28.7 Å². The van der Waals surface area contributed by atoms with Gasteiger partial charge in [-0.05, 0) is 38.8 Å². The van der Waals surface area contributed by atoms with E-state index in [1.807, 2.05) is 28.8 Å². The molecule has 1 N–H and O–H groups in total. The summed E-state index contributed by atoms with van der Waals surface area (Å²) in [4.78, 5) is 16.5. The molecule has 0 amide bonds. The van der Waals surface area contributed by atoms with Gasteiger partial charge in [0.15, 0.2) is 5.65 Å². The fraction of sp³-hybridized carbons (Fsp3) is 0.455. The van der Waals surface area contributed by atoms with Crippen LogP contribution in [0.15, 0.2) is 30.5 Å². The number of aromatic nitrogens is 6. The van der Waals surface area contributed by atoms with Crippen LogP contribution in [0.4, 0.5) is 11.8 Å². The summed E-state index contributed by atoms with van der Waals surface area (Å²) in [5.74, 6) is 1.53. The maximum atomic E-state index is 13.5. The number of nitrogens with zero attached hydrogens (tertiary/aromatic N) is 7. The van der Waals surface area contributed by atoms with E-state index in [4.69, 9.17) is 14.7 Å². The zero-order chi connectivity index (χ0) is 23.7. The highest BCUT2D eigenvalue weighted by Gasteiger charge is 2.52. The van der Waals surface area contributed by atoms with Gasteiger partial charge in [0, 0.05) is 13.6 Å². The highest BCUT2D eigenvalue weighted by molar-refractivity contribution is 7.91. The summed E-state index contributed by atoms with van der Waals surface area (Å²) < 4.78 is 34.6. The minimum Gasteiger partial charge on any atom is -0.377 e. The van der Waals surface area contributed by atoms with Gasteiger partial charge in [-0.3, -0.25) is 0 Å². The quantitative estimate of drug-likeness (QED) is 0.456. The van der Waals surface area contributed by atoms with Gasteiger partial charge in [0.2, 0.25) is 11.9 Å². The van der Waals surface area contributed by atoms with Crippen molar-refractivity contribution in [2.75, 3.05) is 37.0 Å². The molecule has 11 nitrogen and oxygen atoms in total. The van der Waals surface area contributed by atoms with Gasteiger partial charge in [0.05, 0.1) is 46.6 Å². The molecular weight excluding hydrogens is 456 g/mol. The van der Waals surface area contributed by atoms with E-state index in [9.17, 15) is 8.42 Å². The summed E-state index contributed by atoms with van der Waals surface area (Å²) in [5, 5.41) is 8.02. The van der Waals surface area contributed by atoms with Crippen LogP contribution < -0.4 is 10.2 Å². The van der Waals surface area contributed by atoms with E-state index in [2.05, 4.69) is 27.2 Å². The molecule has 1 aromatic carbocycles. The van der Waals surface area contributed by atoms with Gasteiger partial charge < -0.3 is 15.0 Å². The van der Waals surface area contributed by atoms with Crippen LogP contribution in [0, 0.1) is 0 Å². The van der Waals surface area contributed by atoms with E-state index >= 15 is 0 Å². The largest absolute Gasteiger partial charge is 0.377 e. The molecule has 1 atom stereocenters. The summed E-state index contributed by atoms with van der Waals surface area (Å²) in [5.41, 5.74) is 1.87. The second kappa shape index (κ2) is 7.37. The minimum atomic E-state index is -3.72. The lowest BCUT2D eigenvalue weighted by molar-refractivity contribution is 0.0987. The predicted molar refractivity (Wildman–Crippen MR) is 129 cm³/mol. The van der Waals surface area contributed by atoms with Crippen LogP contribution in [-0.2, 0) is 14.8 Å². The lowest BCUT2D eigenvalue weighted by Gasteiger charge is -2.34. The average Bonchev–Trinajstić information content (AvgIpc) is 3.29. The molecule has 4 aromatic rings. The van der Waals surface area contributed by atoms with Crippen LogP contribution in [0.3, 0.4) is 0 Å². The van der Waals surface area contributed by atoms with Crippen LogP contribution in [0.25, 0.3) is 28.0 Å². The molecule has 2 aliphatic rings. The standard InChI is InChI=1S/C22H26N8O3S/c1-14-13-33-11-10-28(14)18-15-12-24-30(34(31,32)22(2)8-9-22)19(15)27-21(26-18)29-17-7-5-4-6-16(17)25-20(29)23-3/h4-7,12,14H,8-11,13H2,1-3H3,(H,23,25)/t14-/m1/s1. The summed E-state index contributed by atoms with van der Waals surface area (Å²) >= 11 is 0. The maximum absolute atomic E-state index is 13.5. The van der Waals surface area contributed by atoms with E-state index in [0.717, 1.165) is 15.1 Å². The zero-order valence-corrected chi connectivity index (χ0v) is 20.1. The van der Waals surface area contributed by atoms with Crippen molar-refractivity contribution in [1.29, 1.82) is 0 Å². The molecule has 0 radical (unpaired) electrons. The number of benzene rings is 1. The smallest absolute Gasteiger partial charge is 0.261 e. The van der Waals surface area contributed by atoms with Crippen molar-refractivity contribution in [2.24, 2.45) is 0 Å². The number of fused-ring (bicyclic) bond motifs is 2. The van der Waals surface area contributed by atoms with Crippen molar-refractivity contribution in [3.63, 3.8) is 0 Å². The summed E-state index contributed by atoms with van der Waals surface area (Å²) in [6, 6.07) is 7.75. The summed E-state index contributed by atoms with van der Waals surface area (Å²) in [7, 11) is -1.94. The average molecular weight is 483 g/mol. The van der Waals surface area contributed by atoms with Gasteiger partial charge in [-0.15, -0.1) is 4.09 Å². The molecule has 6 rings (SSSR count). The van der Waals surface area contributed by atoms with Crippen LogP contribution >= 0.6 is 0 Å². The Balaban J connectivity index is 1.65. The number of anilines is 2. The molecule has 1 aliphatic heterocycles. The van der Waals surface area contributed by atoms with Gasteiger partial charge >= 0.3 is 0 Å². The van der Waals surface area contributed by atoms with E-state index < -0.39 is 14.8 Å². The van der Waals surface area contributed by atoms with Crippen molar-refractivity contribution >= 4 is 43.9 Å². The van der Waals surface area contributed by atoms with Gasteiger partial charge in [0.25, 0.3) is 10.0 Å². The van der Waals surface area contributed by atoms with Crippen LogP contribution in [0.2, 0.25) is 0 Å². The minimum absolute atomic E-state index is 0.0592. The highest BCUT2D eigenvalue weighted by atomic mass is 32.2. The molecule has 0 spiro atoms. The van der Waals surface area contributed by atoms with Gasteiger partial charge in [0.1, 0.15) is 5.82 Å². The Labute approximate surface area is 196 Å². The highest BCUT2D eigenvalue weighted by Crippen LogP contribution is 2.44. The fourth-order valence-corrected chi connectivity index (χ4v) is 6.01. The Bertz CT molecular complexity index is 1520. The first-order valence-electron chi connectivity index (χ1n) is 11.3. The third-order valence-corrected chi connectivity index (χ3v) is 9.17. The fourth-order valence-electron chi connectivity index (χ4n) is 4.44. The van der Waals surface area contributed by atoms with E-state index in [1.54, 1.807) is 20.2 Å². The Morgan fingerprint density at radius 2 is 1.97 bits per heavy atom. The number of ether oxygens (including phenoxy) is 1. The second-order valence-electron chi connectivity index (χ2n) is 9.15. The topological polar surface area (TPSA) is 120 Å². The van der Waals surface area contributed by atoms with Gasteiger partial charge in [-0.1, -0.05) is 12.1 Å². The van der Waals surface area contributed by atoms with E-state index in [1.165, 1.54) is 0 Å². The Morgan fingerprint density at radius 1 is 1.18 bits per heavy atom. The molecule has 1 aliphatic carbocycles. The lowest BCUT2D eigenvalue weighted by atomic mass is 10.2. The number of rotatable bonds is 5. The number of nitrogens with one attached hydrogen (secondary N) is 1. The predicted octanol–water partition coefficient (Wildman–Crippen LogP) is 2.16. The molecule has 0 unspecified atom stereocenters. The molecule has 0 bridgehead atoms. The first-order valence-corrected chi connectivity index (χ1v) is 12.8. The maximum Gasteiger partial charge on any atom is 0.261 e. The Morgan fingerprint density at radius 3 is 2.71 bits per heavy atom. The molecule has 34 heavy (non-hydrogen) atoms. The first-order chi connectivity index (χ1) is 16.3. The van der Waals surface area contributed by atoms with Crippen LogP contribution in [0.5, 0.6) is 0 Å².